The van der Waals surface area contributed by atoms with Crippen molar-refractivity contribution < 1.29 is 14.4 Å². The minimum Gasteiger partial charge on any atom is -0.289 e. The summed E-state index contributed by atoms with van der Waals surface area (Å²) in [4.78, 5) is 11.7. The van der Waals surface area contributed by atoms with E-state index in [4.69, 9.17) is 5.21 Å². The normalized spacial score (nSPS) is 15.3. The fourth-order valence-corrected chi connectivity index (χ4v) is 3.43. The molecule has 2 N–H and O–H groups in total. The van der Waals surface area contributed by atoms with E-state index in [1.807, 2.05) is 6.92 Å². The molecule has 3 nitrogen and oxygen atoms in total. The highest BCUT2D eigenvalue weighted by Crippen LogP contribution is 2.43. The lowest BCUT2D eigenvalue weighted by Gasteiger charge is -2.18. The van der Waals surface area contributed by atoms with Crippen LogP contribution in [0.1, 0.15) is 56.4 Å². The Morgan fingerprint density at radius 1 is 1.11 bits per heavy atom. The van der Waals surface area contributed by atoms with E-state index in [1.54, 1.807) is 11.5 Å². The molecule has 0 saturated heterocycles. The number of nitrogens with one attached hydrogen (secondary N) is 1. The van der Waals surface area contributed by atoms with Crippen LogP contribution in [0.15, 0.2) is 48.0 Å². The number of rotatable bonds is 3. The molecule has 0 atom stereocenters. The molecule has 0 heterocycles. The largest absolute Gasteiger partial charge is 0.289 e. The molecule has 0 aliphatic heterocycles. The first-order valence-electron chi connectivity index (χ1n) is 8.96. The lowest BCUT2D eigenvalue weighted by Crippen LogP contribution is -2.18. The van der Waals surface area contributed by atoms with Gasteiger partial charge in [0.05, 0.1) is 6.42 Å². The number of hydrogen-bond acceptors (Lipinski definition) is 2. The molecule has 0 spiro atoms. The topological polar surface area (TPSA) is 49.3 Å². The molecular weight excluding hydrogens is 341 g/mol. The average molecular weight is 365 g/mol. The summed E-state index contributed by atoms with van der Waals surface area (Å²) in [5, 5.41) is 8.87. The van der Waals surface area contributed by atoms with Crippen LogP contribution in [0.25, 0.3) is 17.2 Å². The van der Waals surface area contributed by atoms with Gasteiger partial charge in [0, 0.05) is 0 Å². The number of hydroxylamine groups is 1. The summed E-state index contributed by atoms with van der Waals surface area (Å²) in [6.07, 6.45) is 2.06. The van der Waals surface area contributed by atoms with Gasteiger partial charge in [0.25, 0.3) is 0 Å². The number of amides is 1. The molecule has 27 heavy (non-hydrogen) atoms. The van der Waals surface area contributed by atoms with Gasteiger partial charge in [-0.2, -0.15) is 0 Å². The van der Waals surface area contributed by atoms with Crippen LogP contribution >= 0.6 is 0 Å². The summed E-state index contributed by atoms with van der Waals surface area (Å²) in [7, 11) is 0. The van der Waals surface area contributed by atoms with Crippen LogP contribution in [0.3, 0.4) is 0 Å². The fraction of sp³-hybridized carbons (Fsp3) is 0.261. The van der Waals surface area contributed by atoms with Crippen molar-refractivity contribution in [3.8, 4) is 0 Å². The standard InChI is InChI=1S/C23H24FNO2/c1-14-19(11-15-5-7-16(8-6-15)23(2,3)4)18-10-9-17(24)12-21(18)20(14)13-22(26)25-27/h5-12,27H,13H2,1-4H3,(H,25,26). The minimum absolute atomic E-state index is 0.000904. The Hall–Kier alpha value is -2.72. The zero-order chi connectivity index (χ0) is 19.8. The van der Waals surface area contributed by atoms with Gasteiger partial charge in [-0.05, 0) is 69.5 Å². The van der Waals surface area contributed by atoms with Crippen LogP contribution in [0.5, 0.6) is 0 Å². The smallest absolute Gasteiger partial charge is 0.247 e. The van der Waals surface area contributed by atoms with Crippen LogP contribution < -0.4 is 5.48 Å². The Kier molecular flexibility index (Phi) is 5.03. The molecule has 0 unspecified atom stereocenters. The number of fused-ring (bicyclic) bond motifs is 1. The monoisotopic (exact) mass is 365 g/mol. The molecule has 1 aliphatic carbocycles. The van der Waals surface area contributed by atoms with E-state index in [-0.39, 0.29) is 17.7 Å². The van der Waals surface area contributed by atoms with Crippen molar-refractivity contribution in [2.75, 3.05) is 0 Å². The van der Waals surface area contributed by atoms with Gasteiger partial charge in [-0.15, -0.1) is 0 Å². The maximum Gasteiger partial charge on any atom is 0.247 e. The zero-order valence-electron chi connectivity index (χ0n) is 16.1. The average Bonchev–Trinajstić information content (AvgIpc) is 2.86. The molecule has 1 amide bonds. The zero-order valence-corrected chi connectivity index (χ0v) is 16.1. The van der Waals surface area contributed by atoms with Crippen molar-refractivity contribution in [1.29, 1.82) is 0 Å². The van der Waals surface area contributed by atoms with Gasteiger partial charge in [0.1, 0.15) is 5.82 Å². The van der Waals surface area contributed by atoms with Crippen molar-refractivity contribution in [2.24, 2.45) is 0 Å². The molecule has 3 rings (SSSR count). The molecule has 140 valence electrons. The number of carbonyl (C=O) groups is 1. The highest BCUT2D eigenvalue weighted by molar-refractivity contribution is 6.08. The maximum atomic E-state index is 13.8. The first kappa shape index (κ1) is 19.1. The molecule has 4 heteroatoms. The second-order valence-corrected chi connectivity index (χ2v) is 7.94. The van der Waals surface area contributed by atoms with Gasteiger partial charge in [0.2, 0.25) is 5.91 Å². The van der Waals surface area contributed by atoms with Crippen molar-refractivity contribution in [2.45, 2.75) is 39.5 Å². The SMILES string of the molecule is CC1=C(CC(=O)NO)c2cc(F)ccc2C1=Cc1ccc(C(C)(C)C)cc1. The lowest BCUT2D eigenvalue weighted by molar-refractivity contribution is -0.128. The van der Waals surface area contributed by atoms with Crippen molar-refractivity contribution in [1.82, 2.24) is 5.48 Å². The van der Waals surface area contributed by atoms with E-state index >= 15 is 0 Å². The van der Waals surface area contributed by atoms with Crippen LogP contribution in [-0.2, 0) is 10.2 Å². The predicted octanol–water partition coefficient (Wildman–Crippen LogP) is 5.35. The lowest BCUT2D eigenvalue weighted by atomic mass is 9.86. The highest BCUT2D eigenvalue weighted by Gasteiger charge is 2.25. The van der Waals surface area contributed by atoms with Crippen molar-refractivity contribution in [3.63, 3.8) is 0 Å². The summed E-state index contributed by atoms with van der Waals surface area (Å²) < 4.78 is 13.8. The van der Waals surface area contributed by atoms with E-state index in [9.17, 15) is 9.18 Å². The number of halogens is 1. The summed E-state index contributed by atoms with van der Waals surface area (Å²) in [5.41, 5.74) is 8.25. The second kappa shape index (κ2) is 7.12. The van der Waals surface area contributed by atoms with Gasteiger partial charge in [0.15, 0.2) is 0 Å². The van der Waals surface area contributed by atoms with Gasteiger partial charge in [-0.25, -0.2) is 9.87 Å². The van der Waals surface area contributed by atoms with Gasteiger partial charge < -0.3 is 0 Å². The van der Waals surface area contributed by atoms with E-state index in [0.29, 0.717) is 5.56 Å². The van der Waals surface area contributed by atoms with Crippen LogP contribution in [0.4, 0.5) is 4.39 Å². The molecule has 0 radical (unpaired) electrons. The van der Waals surface area contributed by atoms with E-state index in [1.165, 1.54) is 17.7 Å². The summed E-state index contributed by atoms with van der Waals surface area (Å²) in [6.45, 7) is 8.45. The quantitative estimate of drug-likeness (QED) is 0.569. The Labute approximate surface area is 159 Å². The summed E-state index contributed by atoms with van der Waals surface area (Å²) in [5.74, 6) is -0.866. The Morgan fingerprint density at radius 3 is 2.37 bits per heavy atom. The minimum atomic E-state index is -0.518. The molecule has 2 aromatic rings. The molecule has 1 aliphatic rings. The maximum absolute atomic E-state index is 13.8. The number of allylic oxidation sites excluding steroid dienone is 2. The van der Waals surface area contributed by atoms with Crippen molar-refractivity contribution >= 4 is 23.1 Å². The van der Waals surface area contributed by atoms with Crippen LogP contribution in [0.2, 0.25) is 0 Å². The molecule has 0 fully saturated rings. The first-order valence-corrected chi connectivity index (χ1v) is 8.96. The van der Waals surface area contributed by atoms with Crippen LogP contribution in [0, 0.1) is 5.82 Å². The molecule has 0 saturated carbocycles. The Morgan fingerprint density at radius 2 is 1.78 bits per heavy atom. The third-order valence-electron chi connectivity index (χ3n) is 5.00. The predicted molar refractivity (Wildman–Crippen MR) is 107 cm³/mol. The fourth-order valence-electron chi connectivity index (χ4n) is 3.43. The third kappa shape index (κ3) is 3.86. The van der Waals surface area contributed by atoms with Crippen LogP contribution in [-0.4, -0.2) is 11.1 Å². The number of hydrogen-bond donors (Lipinski definition) is 2. The number of benzene rings is 2. The highest BCUT2D eigenvalue weighted by atomic mass is 19.1. The van der Waals surface area contributed by atoms with Gasteiger partial charge in [-0.3, -0.25) is 10.0 Å². The van der Waals surface area contributed by atoms with E-state index < -0.39 is 5.91 Å². The second-order valence-electron chi connectivity index (χ2n) is 7.94. The Balaban J connectivity index is 2.06. The molecular formula is C23H24FNO2. The summed E-state index contributed by atoms with van der Waals surface area (Å²) in [6, 6.07) is 13.0. The van der Waals surface area contributed by atoms with Gasteiger partial charge >= 0.3 is 0 Å². The first-order chi connectivity index (χ1) is 12.7. The van der Waals surface area contributed by atoms with Gasteiger partial charge in [-0.1, -0.05) is 51.1 Å². The number of carbonyl (C=O) groups excluding carboxylic acids is 1. The molecule has 0 bridgehead atoms. The summed E-state index contributed by atoms with van der Waals surface area (Å²) >= 11 is 0. The van der Waals surface area contributed by atoms with E-state index in [0.717, 1.165) is 27.8 Å². The molecule has 0 aromatic heterocycles. The van der Waals surface area contributed by atoms with E-state index in [2.05, 4.69) is 51.1 Å². The van der Waals surface area contributed by atoms with Crippen molar-refractivity contribution in [3.05, 3.63) is 76.1 Å². The molecule has 2 aromatic carbocycles. The Bertz CT molecular complexity index is 947. The third-order valence-corrected chi connectivity index (χ3v) is 5.00.